The summed E-state index contributed by atoms with van der Waals surface area (Å²) in [7, 11) is 1.81. The van der Waals surface area contributed by atoms with Crippen molar-refractivity contribution in [1.29, 1.82) is 0 Å². The summed E-state index contributed by atoms with van der Waals surface area (Å²) in [5, 5.41) is 0. The van der Waals surface area contributed by atoms with Crippen molar-refractivity contribution in [2.75, 3.05) is 13.6 Å². The van der Waals surface area contributed by atoms with Crippen LogP contribution in [-0.2, 0) is 0 Å². The van der Waals surface area contributed by atoms with Crippen LogP contribution in [0.1, 0.15) is 30.6 Å². The average Bonchev–Trinajstić information content (AvgIpc) is 2.27. The first-order chi connectivity index (χ1) is 7.97. The minimum Gasteiger partial charge on any atom is -0.297 e. The van der Waals surface area contributed by atoms with E-state index in [9.17, 15) is 13.6 Å². The van der Waals surface area contributed by atoms with Gasteiger partial charge in [-0.2, -0.15) is 0 Å². The van der Waals surface area contributed by atoms with Crippen LogP contribution in [0.5, 0.6) is 0 Å². The van der Waals surface area contributed by atoms with E-state index >= 15 is 0 Å². The smallest absolute Gasteiger partial charge is 0.182 e. The molecule has 4 heteroatoms. The van der Waals surface area contributed by atoms with E-state index < -0.39 is 17.7 Å². The Labute approximate surface area is 100 Å². The molecular weight excluding hydrogens is 224 g/mol. The fourth-order valence-corrected chi connectivity index (χ4v) is 1.66. The van der Waals surface area contributed by atoms with Crippen LogP contribution in [0.15, 0.2) is 18.2 Å². The molecule has 2 nitrogen and oxygen atoms in total. The second-order valence-electron chi connectivity index (χ2n) is 4.15. The third kappa shape index (κ3) is 3.33. The van der Waals surface area contributed by atoms with Crippen molar-refractivity contribution in [2.45, 2.75) is 26.3 Å². The van der Waals surface area contributed by atoms with Gasteiger partial charge >= 0.3 is 0 Å². The Morgan fingerprint density at radius 2 is 2.06 bits per heavy atom. The maximum atomic E-state index is 13.4. The fraction of sp³-hybridized carbons (Fsp3) is 0.462. The van der Waals surface area contributed by atoms with Crippen LogP contribution in [0.4, 0.5) is 8.78 Å². The summed E-state index contributed by atoms with van der Waals surface area (Å²) in [6.07, 6.45) is 0.917. The van der Waals surface area contributed by atoms with Gasteiger partial charge in [-0.15, -0.1) is 0 Å². The Balaban J connectivity index is 2.88. The molecule has 1 unspecified atom stereocenters. The SMILES string of the molecule is CCCN(C)C(C)C(=O)c1ccc(F)cc1F. The van der Waals surface area contributed by atoms with Crippen molar-refractivity contribution in [3.63, 3.8) is 0 Å². The first-order valence-electron chi connectivity index (χ1n) is 5.66. The average molecular weight is 241 g/mol. The molecule has 1 rings (SSSR count). The van der Waals surface area contributed by atoms with Gasteiger partial charge in [-0.25, -0.2) is 8.78 Å². The lowest BCUT2D eigenvalue weighted by atomic mass is 10.0. The van der Waals surface area contributed by atoms with Crippen LogP contribution < -0.4 is 0 Å². The molecule has 17 heavy (non-hydrogen) atoms. The molecule has 94 valence electrons. The summed E-state index contributed by atoms with van der Waals surface area (Å²) in [5.41, 5.74) is -0.0538. The zero-order valence-corrected chi connectivity index (χ0v) is 10.3. The fourth-order valence-electron chi connectivity index (χ4n) is 1.66. The molecule has 0 aliphatic rings. The lowest BCUT2D eigenvalue weighted by Gasteiger charge is -2.23. The molecule has 1 atom stereocenters. The number of benzene rings is 1. The predicted octanol–water partition coefficient (Wildman–Crippen LogP) is 2.88. The molecule has 0 bridgehead atoms. The topological polar surface area (TPSA) is 20.3 Å². The van der Waals surface area contributed by atoms with Crippen molar-refractivity contribution in [3.05, 3.63) is 35.4 Å². The van der Waals surface area contributed by atoms with Gasteiger partial charge in [0.05, 0.1) is 11.6 Å². The van der Waals surface area contributed by atoms with Gasteiger partial charge in [-0.3, -0.25) is 9.69 Å². The Kier molecular flexibility index (Phi) is 4.75. The summed E-state index contributed by atoms with van der Waals surface area (Å²) < 4.78 is 26.2. The van der Waals surface area contributed by atoms with Gasteiger partial charge in [0.1, 0.15) is 11.6 Å². The number of carbonyl (C=O) groups is 1. The molecule has 1 aromatic rings. The van der Waals surface area contributed by atoms with E-state index in [1.807, 2.05) is 18.9 Å². The van der Waals surface area contributed by atoms with Crippen molar-refractivity contribution < 1.29 is 13.6 Å². The molecule has 0 amide bonds. The lowest BCUT2D eigenvalue weighted by Crippen LogP contribution is -2.36. The van der Waals surface area contributed by atoms with E-state index in [0.717, 1.165) is 25.1 Å². The molecule has 1 aromatic carbocycles. The Morgan fingerprint density at radius 1 is 1.41 bits per heavy atom. The van der Waals surface area contributed by atoms with E-state index in [0.29, 0.717) is 0 Å². The maximum Gasteiger partial charge on any atom is 0.182 e. The van der Waals surface area contributed by atoms with E-state index in [2.05, 4.69) is 0 Å². The highest BCUT2D eigenvalue weighted by Gasteiger charge is 2.21. The van der Waals surface area contributed by atoms with Crippen molar-refractivity contribution in [3.8, 4) is 0 Å². The number of nitrogens with zero attached hydrogens (tertiary/aromatic N) is 1. The number of carbonyl (C=O) groups excluding carboxylic acids is 1. The van der Waals surface area contributed by atoms with Gasteiger partial charge in [0.15, 0.2) is 5.78 Å². The lowest BCUT2D eigenvalue weighted by molar-refractivity contribution is 0.0864. The third-order valence-corrected chi connectivity index (χ3v) is 2.81. The minimum atomic E-state index is -0.799. The van der Waals surface area contributed by atoms with Crippen molar-refractivity contribution >= 4 is 5.78 Å². The zero-order chi connectivity index (χ0) is 13.0. The minimum absolute atomic E-state index is 0.0538. The van der Waals surface area contributed by atoms with Crippen LogP contribution in [0, 0.1) is 11.6 Å². The standard InChI is InChI=1S/C13H17F2NO/c1-4-7-16(3)9(2)13(17)11-6-5-10(14)8-12(11)15/h5-6,8-9H,4,7H2,1-3H3. The largest absolute Gasteiger partial charge is 0.297 e. The van der Waals surface area contributed by atoms with Gasteiger partial charge in [-0.05, 0) is 39.1 Å². The second-order valence-corrected chi connectivity index (χ2v) is 4.15. The molecule has 0 saturated carbocycles. The van der Waals surface area contributed by atoms with E-state index in [4.69, 9.17) is 0 Å². The summed E-state index contributed by atoms with van der Waals surface area (Å²) in [4.78, 5) is 13.8. The van der Waals surface area contributed by atoms with Crippen LogP contribution >= 0.6 is 0 Å². The molecule has 0 saturated heterocycles. The zero-order valence-electron chi connectivity index (χ0n) is 10.3. The van der Waals surface area contributed by atoms with Crippen molar-refractivity contribution in [2.24, 2.45) is 0 Å². The van der Waals surface area contributed by atoms with E-state index in [1.165, 1.54) is 6.07 Å². The highest BCUT2D eigenvalue weighted by atomic mass is 19.1. The monoisotopic (exact) mass is 241 g/mol. The van der Waals surface area contributed by atoms with Gasteiger partial charge in [0, 0.05) is 6.07 Å². The number of halogens is 2. The predicted molar refractivity (Wildman–Crippen MR) is 63.1 cm³/mol. The number of likely N-dealkylation sites (N-methyl/N-ethyl adjacent to an activating group) is 1. The molecule has 0 aliphatic carbocycles. The van der Waals surface area contributed by atoms with Crippen molar-refractivity contribution in [1.82, 2.24) is 4.90 Å². The summed E-state index contributed by atoms with van der Waals surface area (Å²) in [5.74, 6) is -1.79. The van der Waals surface area contributed by atoms with Gasteiger partial charge < -0.3 is 0 Å². The molecule has 0 aromatic heterocycles. The summed E-state index contributed by atoms with van der Waals surface area (Å²) >= 11 is 0. The number of hydrogen-bond donors (Lipinski definition) is 0. The quantitative estimate of drug-likeness (QED) is 0.739. The molecule has 0 aliphatic heterocycles. The Hall–Kier alpha value is -1.29. The number of rotatable bonds is 5. The van der Waals surface area contributed by atoms with Gasteiger partial charge in [0.25, 0.3) is 0 Å². The highest BCUT2D eigenvalue weighted by Crippen LogP contribution is 2.14. The highest BCUT2D eigenvalue weighted by molar-refractivity contribution is 6.00. The Morgan fingerprint density at radius 3 is 2.59 bits per heavy atom. The van der Waals surface area contributed by atoms with E-state index in [1.54, 1.807) is 6.92 Å². The maximum absolute atomic E-state index is 13.4. The normalized spacial score (nSPS) is 12.8. The van der Waals surface area contributed by atoms with Crippen LogP contribution in [0.2, 0.25) is 0 Å². The summed E-state index contributed by atoms with van der Waals surface area (Å²) in [6.45, 7) is 4.49. The van der Waals surface area contributed by atoms with Gasteiger partial charge in [-0.1, -0.05) is 6.92 Å². The molecule has 0 spiro atoms. The summed E-state index contributed by atoms with van der Waals surface area (Å²) in [6, 6.07) is 2.63. The number of hydrogen-bond acceptors (Lipinski definition) is 2. The Bertz CT molecular complexity index is 406. The molecule has 0 fully saturated rings. The third-order valence-electron chi connectivity index (χ3n) is 2.81. The molecule has 0 radical (unpaired) electrons. The molecule has 0 heterocycles. The van der Waals surface area contributed by atoms with E-state index in [-0.39, 0.29) is 11.3 Å². The first kappa shape index (κ1) is 13.8. The molecule has 0 N–H and O–H groups in total. The van der Waals surface area contributed by atoms with Crippen LogP contribution in [0.3, 0.4) is 0 Å². The van der Waals surface area contributed by atoms with Crippen LogP contribution in [-0.4, -0.2) is 30.3 Å². The first-order valence-corrected chi connectivity index (χ1v) is 5.66. The van der Waals surface area contributed by atoms with Crippen LogP contribution in [0.25, 0.3) is 0 Å². The second kappa shape index (κ2) is 5.87. The van der Waals surface area contributed by atoms with Gasteiger partial charge in [0.2, 0.25) is 0 Å². The number of ketones is 1. The number of Topliss-reactive ketones (excluding diaryl/α,β-unsaturated/α-hetero) is 1. The molecular formula is C13H17F2NO.